The summed E-state index contributed by atoms with van der Waals surface area (Å²) < 4.78 is 6.82. The third-order valence-electron chi connectivity index (χ3n) is 3.75. The molecule has 0 saturated carbocycles. The maximum Gasteiger partial charge on any atom is 0.407 e. The van der Waals surface area contributed by atoms with E-state index in [0.29, 0.717) is 23.8 Å². The van der Waals surface area contributed by atoms with Gasteiger partial charge in [0, 0.05) is 11.6 Å². The van der Waals surface area contributed by atoms with Crippen LogP contribution in [0.25, 0.3) is 0 Å². The van der Waals surface area contributed by atoms with E-state index in [0.717, 1.165) is 17.5 Å². The van der Waals surface area contributed by atoms with Gasteiger partial charge in [-0.3, -0.25) is 0 Å². The number of nitrogens with one attached hydrogen (secondary N) is 1. The normalized spacial score (nSPS) is 10.5. The summed E-state index contributed by atoms with van der Waals surface area (Å²) in [6.07, 6.45) is 2.02. The second kappa shape index (κ2) is 9.01. The molecule has 3 aromatic rings. The van der Waals surface area contributed by atoms with Gasteiger partial charge in [0.05, 0.1) is 12.7 Å². The summed E-state index contributed by atoms with van der Waals surface area (Å²) in [6.45, 7) is 1.09. The molecule has 0 atom stereocenters. The number of nitrogens with zero attached hydrogens (tertiary/aromatic N) is 3. The molecule has 0 bridgehead atoms. The number of benzene rings is 2. The number of aromatic nitrogens is 3. The lowest BCUT2D eigenvalue weighted by atomic mass is 10.1. The number of hydrogen-bond acceptors (Lipinski definition) is 4. The Kier molecular flexibility index (Phi) is 6.22. The molecule has 3 rings (SSSR count). The van der Waals surface area contributed by atoms with Gasteiger partial charge in [0.1, 0.15) is 12.3 Å². The maximum atomic E-state index is 11.7. The Labute approximate surface area is 156 Å². The van der Waals surface area contributed by atoms with Crippen LogP contribution in [0.5, 0.6) is 0 Å². The number of rotatable bonds is 7. The van der Waals surface area contributed by atoms with Crippen molar-refractivity contribution in [1.29, 1.82) is 0 Å². The van der Waals surface area contributed by atoms with Crippen molar-refractivity contribution >= 4 is 17.7 Å². The van der Waals surface area contributed by atoms with E-state index >= 15 is 0 Å². The van der Waals surface area contributed by atoms with Crippen molar-refractivity contribution in [2.24, 2.45) is 0 Å². The molecule has 1 heterocycles. The van der Waals surface area contributed by atoms with Crippen molar-refractivity contribution in [3.05, 3.63) is 82.6 Å². The number of halogens is 1. The second-order valence-electron chi connectivity index (χ2n) is 5.74. The molecule has 0 aliphatic heterocycles. The summed E-state index contributed by atoms with van der Waals surface area (Å²) in [7, 11) is 0. The molecule has 0 aliphatic rings. The molecule has 134 valence electrons. The van der Waals surface area contributed by atoms with Crippen LogP contribution in [0.1, 0.15) is 16.8 Å². The Morgan fingerprint density at radius 1 is 1.12 bits per heavy atom. The minimum atomic E-state index is -0.471. The van der Waals surface area contributed by atoms with Crippen LogP contribution in [-0.4, -0.2) is 27.6 Å². The van der Waals surface area contributed by atoms with Crippen molar-refractivity contribution < 1.29 is 9.53 Å². The lowest BCUT2D eigenvalue weighted by Crippen LogP contribution is -2.26. The van der Waals surface area contributed by atoms with Crippen LogP contribution in [0.4, 0.5) is 4.79 Å². The highest BCUT2D eigenvalue weighted by Crippen LogP contribution is 2.15. The Morgan fingerprint density at radius 2 is 1.88 bits per heavy atom. The minimum Gasteiger partial charge on any atom is -0.443 e. The van der Waals surface area contributed by atoms with Crippen LogP contribution < -0.4 is 5.32 Å². The first-order valence-electron chi connectivity index (χ1n) is 8.27. The van der Waals surface area contributed by atoms with Gasteiger partial charge >= 0.3 is 6.09 Å². The van der Waals surface area contributed by atoms with Gasteiger partial charge < -0.3 is 10.1 Å². The molecule has 0 fully saturated rings. The molecule has 0 spiro atoms. The van der Waals surface area contributed by atoms with Crippen molar-refractivity contribution in [3.8, 4) is 0 Å². The molecule has 0 saturated heterocycles. The third-order valence-corrected chi connectivity index (χ3v) is 4.12. The molecule has 6 nitrogen and oxygen atoms in total. The molecule has 1 N–H and O–H groups in total. The Bertz CT molecular complexity index is 852. The highest BCUT2D eigenvalue weighted by molar-refractivity contribution is 6.31. The van der Waals surface area contributed by atoms with Crippen molar-refractivity contribution in [1.82, 2.24) is 20.3 Å². The lowest BCUT2D eigenvalue weighted by molar-refractivity contribution is 0.138. The van der Waals surface area contributed by atoms with Gasteiger partial charge in [-0.2, -0.15) is 0 Å². The second-order valence-corrected chi connectivity index (χ2v) is 6.14. The summed E-state index contributed by atoms with van der Waals surface area (Å²) in [4.78, 5) is 11.7. The topological polar surface area (TPSA) is 69.0 Å². The summed E-state index contributed by atoms with van der Waals surface area (Å²) in [5, 5.41) is 11.4. The molecular formula is C19H19ClN4O2. The van der Waals surface area contributed by atoms with Crippen LogP contribution >= 0.6 is 11.6 Å². The predicted molar refractivity (Wildman–Crippen MR) is 98.9 cm³/mol. The molecule has 0 aliphatic carbocycles. The monoisotopic (exact) mass is 370 g/mol. The van der Waals surface area contributed by atoms with Gasteiger partial charge in [-0.1, -0.05) is 65.3 Å². The number of carbonyl (C=O) groups excluding carboxylic acids is 1. The number of carbonyl (C=O) groups is 1. The molecule has 0 unspecified atom stereocenters. The largest absolute Gasteiger partial charge is 0.443 e. The van der Waals surface area contributed by atoms with Gasteiger partial charge in [0.15, 0.2) is 0 Å². The average Bonchev–Trinajstić information content (AvgIpc) is 3.10. The molecule has 0 radical (unpaired) electrons. The van der Waals surface area contributed by atoms with Gasteiger partial charge in [-0.25, -0.2) is 9.48 Å². The summed E-state index contributed by atoms with van der Waals surface area (Å²) >= 11 is 6.14. The fraction of sp³-hybridized carbons (Fsp3) is 0.211. The number of hydrogen-bond donors (Lipinski definition) is 1. The Morgan fingerprint density at radius 3 is 2.69 bits per heavy atom. The fourth-order valence-electron chi connectivity index (χ4n) is 2.43. The SMILES string of the molecule is O=C(NCCc1ccccc1)OCc1cn(Cc2ccccc2Cl)nn1. The van der Waals surface area contributed by atoms with Crippen LogP contribution in [0.2, 0.25) is 5.02 Å². The molecule has 26 heavy (non-hydrogen) atoms. The lowest BCUT2D eigenvalue weighted by Gasteiger charge is -2.05. The highest BCUT2D eigenvalue weighted by atomic mass is 35.5. The van der Waals surface area contributed by atoms with Crippen LogP contribution in [0.3, 0.4) is 0 Å². The van der Waals surface area contributed by atoms with Gasteiger partial charge in [-0.05, 0) is 23.6 Å². The smallest absolute Gasteiger partial charge is 0.407 e. The summed E-state index contributed by atoms with van der Waals surface area (Å²) in [5.41, 5.74) is 2.69. The van der Waals surface area contributed by atoms with Crippen LogP contribution in [-0.2, 0) is 24.3 Å². The molecule has 1 aromatic heterocycles. The van der Waals surface area contributed by atoms with E-state index in [2.05, 4.69) is 15.6 Å². The third kappa shape index (κ3) is 5.32. The number of alkyl carbamates (subject to hydrolysis) is 1. The quantitative estimate of drug-likeness (QED) is 0.691. The summed E-state index contributed by atoms with van der Waals surface area (Å²) in [6, 6.07) is 17.5. The first-order valence-corrected chi connectivity index (χ1v) is 8.65. The first kappa shape index (κ1) is 17.9. The van der Waals surface area contributed by atoms with Crippen LogP contribution in [0.15, 0.2) is 60.8 Å². The van der Waals surface area contributed by atoms with E-state index in [-0.39, 0.29) is 6.61 Å². The number of amides is 1. The van der Waals surface area contributed by atoms with E-state index < -0.39 is 6.09 Å². The number of ether oxygens (including phenoxy) is 1. The van der Waals surface area contributed by atoms with E-state index in [1.54, 1.807) is 10.9 Å². The molecular weight excluding hydrogens is 352 g/mol. The van der Waals surface area contributed by atoms with Gasteiger partial charge in [-0.15, -0.1) is 5.10 Å². The van der Waals surface area contributed by atoms with E-state index in [9.17, 15) is 4.79 Å². The van der Waals surface area contributed by atoms with Crippen molar-refractivity contribution in [3.63, 3.8) is 0 Å². The zero-order chi connectivity index (χ0) is 18.2. The van der Waals surface area contributed by atoms with Crippen LogP contribution in [0, 0.1) is 0 Å². The van der Waals surface area contributed by atoms with Crippen molar-refractivity contribution in [2.75, 3.05) is 6.54 Å². The molecule has 1 amide bonds. The molecule has 2 aromatic carbocycles. The highest BCUT2D eigenvalue weighted by Gasteiger charge is 2.07. The van der Waals surface area contributed by atoms with Crippen molar-refractivity contribution in [2.45, 2.75) is 19.6 Å². The predicted octanol–water partition coefficient (Wildman–Crippen LogP) is 3.45. The zero-order valence-electron chi connectivity index (χ0n) is 14.1. The van der Waals surface area contributed by atoms with E-state index in [1.807, 2.05) is 54.6 Å². The zero-order valence-corrected chi connectivity index (χ0v) is 14.9. The Balaban J connectivity index is 1.41. The average molecular weight is 371 g/mol. The fourth-order valence-corrected chi connectivity index (χ4v) is 2.62. The first-order chi connectivity index (χ1) is 12.7. The Hall–Kier alpha value is -2.86. The van der Waals surface area contributed by atoms with E-state index in [4.69, 9.17) is 16.3 Å². The summed E-state index contributed by atoms with van der Waals surface area (Å²) in [5.74, 6) is 0. The minimum absolute atomic E-state index is 0.0691. The standard InChI is InChI=1S/C19H19ClN4O2/c20-18-9-5-4-8-16(18)12-24-13-17(22-23-24)14-26-19(25)21-11-10-15-6-2-1-3-7-15/h1-9,13H,10-12,14H2,(H,21,25). The van der Waals surface area contributed by atoms with E-state index in [1.165, 1.54) is 0 Å². The van der Waals surface area contributed by atoms with Gasteiger partial charge in [0.2, 0.25) is 0 Å². The maximum absolute atomic E-state index is 11.7. The van der Waals surface area contributed by atoms with Gasteiger partial charge in [0.25, 0.3) is 0 Å². The molecule has 7 heteroatoms.